The summed E-state index contributed by atoms with van der Waals surface area (Å²) in [6.45, 7) is 5.02. The van der Waals surface area contributed by atoms with Gasteiger partial charge in [0, 0.05) is 30.9 Å². The van der Waals surface area contributed by atoms with E-state index in [1.807, 2.05) is 30.8 Å². The van der Waals surface area contributed by atoms with Crippen LogP contribution in [0.2, 0.25) is 0 Å². The molecule has 0 fully saturated rings. The summed E-state index contributed by atoms with van der Waals surface area (Å²) < 4.78 is 1.85. The highest BCUT2D eigenvalue weighted by atomic mass is 15.2. The fourth-order valence-corrected chi connectivity index (χ4v) is 1.52. The first-order valence-electron chi connectivity index (χ1n) is 5.18. The third-order valence-electron chi connectivity index (χ3n) is 2.57. The van der Waals surface area contributed by atoms with Crippen molar-refractivity contribution in [2.24, 2.45) is 0 Å². The van der Waals surface area contributed by atoms with Crippen LogP contribution >= 0.6 is 0 Å². The van der Waals surface area contributed by atoms with E-state index in [0.717, 1.165) is 30.0 Å². The van der Waals surface area contributed by atoms with Gasteiger partial charge >= 0.3 is 0 Å². The van der Waals surface area contributed by atoms with Crippen LogP contribution in [-0.2, 0) is 6.42 Å². The van der Waals surface area contributed by atoms with E-state index < -0.39 is 0 Å². The largest absolute Gasteiger partial charge is 0.319 e. The zero-order valence-electron chi connectivity index (χ0n) is 9.41. The standard InChI is InChI=1S/C11H16N4/c1-8-7-15-11(13-9(8)2)6-10(14-15)4-5-12-3/h6-7,12H,4-5H2,1-3H3. The van der Waals surface area contributed by atoms with Crippen molar-refractivity contribution in [2.45, 2.75) is 20.3 Å². The molecule has 0 aromatic carbocycles. The van der Waals surface area contributed by atoms with Crippen LogP contribution in [0.1, 0.15) is 17.0 Å². The van der Waals surface area contributed by atoms with Crippen LogP contribution in [0.3, 0.4) is 0 Å². The molecule has 0 unspecified atom stereocenters. The number of aromatic nitrogens is 3. The molecule has 0 amide bonds. The average molecular weight is 204 g/mol. The molecular weight excluding hydrogens is 188 g/mol. The fraction of sp³-hybridized carbons (Fsp3) is 0.455. The summed E-state index contributed by atoms with van der Waals surface area (Å²) in [5, 5.41) is 7.58. The van der Waals surface area contributed by atoms with E-state index in [0.29, 0.717) is 0 Å². The normalized spacial score (nSPS) is 11.1. The highest BCUT2D eigenvalue weighted by Crippen LogP contribution is 2.08. The lowest BCUT2D eigenvalue weighted by atomic mass is 10.3. The molecule has 4 heteroatoms. The summed E-state index contributed by atoms with van der Waals surface area (Å²) >= 11 is 0. The van der Waals surface area contributed by atoms with Crippen molar-refractivity contribution in [3.05, 3.63) is 29.2 Å². The Morgan fingerprint density at radius 2 is 2.20 bits per heavy atom. The summed E-state index contributed by atoms with van der Waals surface area (Å²) in [5.41, 5.74) is 4.26. The molecule has 0 spiro atoms. The summed E-state index contributed by atoms with van der Waals surface area (Å²) in [4.78, 5) is 4.48. The number of rotatable bonds is 3. The topological polar surface area (TPSA) is 42.2 Å². The van der Waals surface area contributed by atoms with Crippen molar-refractivity contribution >= 4 is 5.65 Å². The molecule has 0 saturated heterocycles. The molecular formula is C11H16N4. The maximum absolute atomic E-state index is 4.48. The maximum Gasteiger partial charge on any atom is 0.155 e. The summed E-state index contributed by atoms with van der Waals surface area (Å²) in [5.74, 6) is 0. The minimum Gasteiger partial charge on any atom is -0.319 e. The third-order valence-corrected chi connectivity index (χ3v) is 2.57. The molecule has 2 heterocycles. The molecule has 0 aliphatic rings. The van der Waals surface area contributed by atoms with E-state index in [9.17, 15) is 0 Å². The molecule has 2 aromatic heterocycles. The Hall–Kier alpha value is -1.42. The molecule has 0 bridgehead atoms. The SMILES string of the molecule is CNCCc1cc2nc(C)c(C)cn2n1. The Bertz CT molecular complexity index is 434. The van der Waals surface area contributed by atoms with Crippen molar-refractivity contribution < 1.29 is 0 Å². The van der Waals surface area contributed by atoms with Crippen LogP contribution in [0.15, 0.2) is 12.3 Å². The second-order valence-corrected chi connectivity index (χ2v) is 3.80. The van der Waals surface area contributed by atoms with Gasteiger partial charge in [-0.1, -0.05) is 0 Å². The highest BCUT2D eigenvalue weighted by molar-refractivity contribution is 5.41. The number of fused-ring (bicyclic) bond motifs is 1. The van der Waals surface area contributed by atoms with Crippen molar-refractivity contribution in [3.63, 3.8) is 0 Å². The number of hydrogen-bond acceptors (Lipinski definition) is 3. The zero-order valence-corrected chi connectivity index (χ0v) is 9.41. The van der Waals surface area contributed by atoms with Gasteiger partial charge in [0.2, 0.25) is 0 Å². The smallest absolute Gasteiger partial charge is 0.155 e. The molecule has 0 atom stereocenters. The van der Waals surface area contributed by atoms with E-state index in [1.165, 1.54) is 5.56 Å². The molecule has 15 heavy (non-hydrogen) atoms. The Labute approximate surface area is 89.3 Å². The minimum absolute atomic E-state index is 0.934. The molecule has 2 aromatic rings. The van der Waals surface area contributed by atoms with E-state index in [1.54, 1.807) is 0 Å². The van der Waals surface area contributed by atoms with Crippen LogP contribution in [0.25, 0.3) is 5.65 Å². The van der Waals surface area contributed by atoms with Gasteiger partial charge in [0.05, 0.1) is 5.69 Å². The van der Waals surface area contributed by atoms with Crippen LogP contribution in [0.5, 0.6) is 0 Å². The first-order chi connectivity index (χ1) is 7.20. The molecule has 2 rings (SSSR count). The number of hydrogen-bond donors (Lipinski definition) is 1. The lowest BCUT2D eigenvalue weighted by Gasteiger charge is -1.98. The van der Waals surface area contributed by atoms with Gasteiger partial charge in [-0.2, -0.15) is 5.10 Å². The lowest BCUT2D eigenvalue weighted by molar-refractivity contribution is 0.762. The van der Waals surface area contributed by atoms with Crippen molar-refractivity contribution in [1.82, 2.24) is 19.9 Å². The van der Waals surface area contributed by atoms with Gasteiger partial charge < -0.3 is 5.32 Å². The van der Waals surface area contributed by atoms with Crippen molar-refractivity contribution in [1.29, 1.82) is 0 Å². The zero-order chi connectivity index (χ0) is 10.8. The Morgan fingerprint density at radius 1 is 1.40 bits per heavy atom. The summed E-state index contributed by atoms with van der Waals surface area (Å²) in [6.07, 6.45) is 2.97. The Balaban J connectivity index is 2.38. The first-order valence-corrected chi connectivity index (χ1v) is 5.18. The van der Waals surface area contributed by atoms with E-state index >= 15 is 0 Å². The van der Waals surface area contributed by atoms with E-state index in [-0.39, 0.29) is 0 Å². The second-order valence-electron chi connectivity index (χ2n) is 3.80. The number of likely N-dealkylation sites (N-methyl/N-ethyl adjacent to an activating group) is 1. The quantitative estimate of drug-likeness (QED) is 0.814. The van der Waals surface area contributed by atoms with E-state index in [4.69, 9.17) is 0 Å². The summed E-state index contributed by atoms with van der Waals surface area (Å²) in [7, 11) is 1.95. The lowest BCUT2D eigenvalue weighted by Crippen LogP contribution is -2.10. The first kappa shape index (κ1) is 10.1. The molecule has 0 aliphatic carbocycles. The van der Waals surface area contributed by atoms with Crippen LogP contribution in [0, 0.1) is 13.8 Å². The minimum atomic E-state index is 0.934. The molecule has 0 saturated carbocycles. The number of nitrogens with one attached hydrogen (secondary N) is 1. The predicted molar refractivity (Wildman–Crippen MR) is 60.1 cm³/mol. The molecule has 80 valence electrons. The van der Waals surface area contributed by atoms with Gasteiger partial charge in [-0.3, -0.25) is 0 Å². The van der Waals surface area contributed by atoms with Gasteiger partial charge in [0.1, 0.15) is 0 Å². The maximum atomic E-state index is 4.48. The number of nitrogens with zero attached hydrogens (tertiary/aromatic N) is 3. The van der Waals surface area contributed by atoms with Crippen LogP contribution < -0.4 is 5.32 Å². The van der Waals surface area contributed by atoms with Gasteiger partial charge in [-0.15, -0.1) is 0 Å². The third kappa shape index (κ3) is 1.99. The van der Waals surface area contributed by atoms with Gasteiger partial charge in [0.25, 0.3) is 0 Å². The van der Waals surface area contributed by atoms with Gasteiger partial charge in [-0.25, -0.2) is 9.50 Å². The molecule has 1 N–H and O–H groups in total. The fourth-order valence-electron chi connectivity index (χ4n) is 1.52. The van der Waals surface area contributed by atoms with Gasteiger partial charge in [-0.05, 0) is 26.5 Å². The Morgan fingerprint density at radius 3 is 2.93 bits per heavy atom. The number of aryl methyl sites for hydroxylation is 2. The van der Waals surface area contributed by atoms with Crippen LogP contribution in [-0.4, -0.2) is 28.2 Å². The summed E-state index contributed by atoms with van der Waals surface area (Å²) in [6, 6.07) is 2.05. The van der Waals surface area contributed by atoms with Gasteiger partial charge in [0.15, 0.2) is 5.65 Å². The predicted octanol–water partition coefficient (Wildman–Crippen LogP) is 1.11. The average Bonchev–Trinajstić information content (AvgIpc) is 2.58. The second kappa shape index (κ2) is 3.98. The van der Waals surface area contributed by atoms with Crippen molar-refractivity contribution in [2.75, 3.05) is 13.6 Å². The van der Waals surface area contributed by atoms with Crippen molar-refractivity contribution in [3.8, 4) is 0 Å². The Kier molecular flexibility index (Phi) is 2.68. The monoisotopic (exact) mass is 204 g/mol. The highest BCUT2D eigenvalue weighted by Gasteiger charge is 2.04. The molecule has 0 aliphatic heterocycles. The van der Waals surface area contributed by atoms with E-state index in [2.05, 4.69) is 22.3 Å². The molecule has 4 nitrogen and oxygen atoms in total. The van der Waals surface area contributed by atoms with Crippen LogP contribution in [0.4, 0.5) is 0 Å². The molecule has 0 radical (unpaired) electrons.